The molecule has 0 fully saturated rings. The number of carbonyl (C=O) groups excluding carboxylic acids is 1. The molecule has 1 N–H and O–H groups in total. The summed E-state index contributed by atoms with van der Waals surface area (Å²) in [5.41, 5.74) is 0.440. The van der Waals surface area contributed by atoms with Crippen molar-refractivity contribution in [1.82, 2.24) is 20.2 Å². The number of nitrogens with one attached hydrogen (secondary N) is 1. The summed E-state index contributed by atoms with van der Waals surface area (Å²) in [6, 6.07) is 1.77. The molecule has 0 saturated heterocycles. The van der Waals surface area contributed by atoms with Crippen LogP contribution in [0.2, 0.25) is 0 Å². The van der Waals surface area contributed by atoms with Crippen LogP contribution in [-0.2, 0) is 0 Å². The number of nitrogens with zero attached hydrogens (tertiary/aromatic N) is 4. The molecular weight excluding hydrogens is 278 g/mol. The van der Waals surface area contributed by atoms with Crippen molar-refractivity contribution in [3.05, 3.63) is 17.6 Å². The molecule has 0 unspecified atom stereocenters. The minimum absolute atomic E-state index is 0.130. The highest BCUT2D eigenvalue weighted by molar-refractivity contribution is 5.92. The molecule has 0 radical (unpaired) electrons. The summed E-state index contributed by atoms with van der Waals surface area (Å²) in [6.45, 7) is 6.51. The molecule has 1 rings (SSSR count). The Kier molecular flexibility index (Phi) is 7.80. The quantitative estimate of drug-likeness (QED) is 0.704. The molecule has 0 aromatic carbocycles. The molecule has 1 heterocycles. The summed E-state index contributed by atoms with van der Waals surface area (Å²) in [4.78, 5) is 25.0. The summed E-state index contributed by atoms with van der Waals surface area (Å²) in [6.07, 6.45) is 3.16. The van der Waals surface area contributed by atoms with Gasteiger partial charge in [0.1, 0.15) is 17.3 Å². The number of aryl methyl sites for hydroxylation is 1. The normalized spacial score (nSPS) is 10.8. The van der Waals surface area contributed by atoms with Gasteiger partial charge >= 0.3 is 0 Å². The largest absolute Gasteiger partial charge is 0.360 e. The molecule has 1 amide bonds. The maximum absolute atomic E-state index is 12.2. The highest BCUT2D eigenvalue weighted by atomic mass is 16.1. The van der Waals surface area contributed by atoms with E-state index in [4.69, 9.17) is 0 Å². The Morgan fingerprint density at radius 2 is 1.91 bits per heavy atom. The average molecular weight is 307 g/mol. The van der Waals surface area contributed by atoms with Crippen LogP contribution in [0.4, 0.5) is 5.82 Å². The second-order valence-electron chi connectivity index (χ2n) is 5.85. The molecule has 0 saturated carbocycles. The van der Waals surface area contributed by atoms with Gasteiger partial charge in [0.25, 0.3) is 5.91 Å². The molecule has 0 aliphatic rings. The lowest BCUT2D eigenvalue weighted by molar-refractivity contribution is 0.0947. The predicted molar refractivity (Wildman–Crippen MR) is 90.5 cm³/mol. The maximum atomic E-state index is 12.2. The van der Waals surface area contributed by atoms with Crippen LogP contribution in [0.1, 0.15) is 42.5 Å². The van der Waals surface area contributed by atoms with Crippen LogP contribution < -0.4 is 10.2 Å². The number of amides is 1. The lowest BCUT2D eigenvalue weighted by Crippen LogP contribution is -2.29. The Hall–Kier alpha value is -1.69. The summed E-state index contributed by atoms with van der Waals surface area (Å²) in [5, 5.41) is 2.92. The van der Waals surface area contributed by atoms with Gasteiger partial charge in [0.15, 0.2) is 0 Å². The van der Waals surface area contributed by atoms with Crippen LogP contribution in [0, 0.1) is 6.92 Å². The van der Waals surface area contributed by atoms with Crippen LogP contribution >= 0.6 is 0 Å². The van der Waals surface area contributed by atoms with Gasteiger partial charge in [-0.15, -0.1) is 0 Å². The van der Waals surface area contributed by atoms with E-state index in [1.807, 2.05) is 28.1 Å². The van der Waals surface area contributed by atoms with Crippen LogP contribution in [0.5, 0.6) is 0 Å². The molecule has 6 nitrogen and oxygen atoms in total. The maximum Gasteiger partial charge on any atom is 0.270 e. The lowest BCUT2D eigenvalue weighted by Gasteiger charge is -2.18. The van der Waals surface area contributed by atoms with Crippen LogP contribution in [0.15, 0.2) is 6.07 Å². The second kappa shape index (κ2) is 9.35. The highest BCUT2D eigenvalue weighted by Gasteiger charge is 2.12. The minimum atomic E-state index is -0.130. The molecule has 0 atom stereocenters. The summed E-state index contributed by atoms with van der Waals surface area (Å²) >= 11 is 0. The SMILES string of the molecule is CCCCN(C)c1cc(C(=O)NCCCN(C)C)nc(C)n1. The van der Waals surface area contributed by atoms with E-state index in [1.165, 1.54) is 0 Å². The molecule has 1 aromatic heterocycles. The standard InChI is InChI=1S/C16H29N5O/c1-6-7-11-21(5)15-12-14(18-13(2)19-15)16(22)17-9-8-10-20(3)4/h12H,6-11H2,1-5H3,(H,17,22). The summed E-state index contributed by atoms with van der Waals surface area (Å²) in [7, 11) is 6.04. The molecule has 0 spiro atoms. The van der Waals surface area contributed by atoms with E-state index in [0.717, 1.165) is 38.2 Å². The van der Waals surface area contributed by atoms with E-state index in [1.54, 1.807) is 6.07 Å². The molecule has 6 heteroatoms. The van der Waals surface area contributed by atoms with Gasteiger partial charge in [0.05, 0.1) is 0 Å². The molecule has 0 aliphatic carbocycles. The number of unbranched alkanes of at least 4 members (excludes halogenated alkanes) is 1. The second-order valence-corrected chi connectivity index (χ2v) is 5.85. The van der Waals surface area contributed by atoms with Crippen LogP contribution in [-0.4, -0.2) is 61.6 Å². The van der Waals surface area contributed by atoms with Gasteiger partial charge in [-0.1, -0.05) is 13.3 Å². The first kappa shape index (κ1) is 18.4. The van der Waals surface area contributed by atoms with Gasteiger partial charge in [0.2, 0.25) is 0 Å². The van der Waals surface area contributed by atoms with Crippen molar-refractivity contribution in [2.75, 3.05) is 45.7 Å². The van der Waals surface area contributed by atoms with E-state index < -0.39 is 0 Å². The number of rotatable bonds is 9. The summed E-state index contributed by atoms with van der Waals surface area (Å²) < 4.78 is 0. The fourth-order valence-electron chi connectivity index (χ4n) is 2.06. The average Bonchev–Trinajstić information content (AvgIpc) is 2.48. The lowest BCUT2D eigenvalue weighted by atomic mass is 10.3. The summed E-state index contributed by atoms with van der Waals surface area (Å²) in [5.74, 6) is 1.30. The Morgan fingerprint density at radius 1 is 1.18 bits per heavy atom. The van der Waals surface area contributed by atoms with Gasteiger partial charge in [-0.05, 0) is 40.4 Å². The van der Waals surface area contributed by atoms with Crippen LogP contribution in [0.3, 0.4) is 0 Å². The van der Waals surface area contributed by atoms with E-state index in [-0.39, 0.29) is 5.91 Å². The van der Waals surface area contributed by atoms with E-state index >= 15 is 0 Å². The van der Waals surface area contributed by atoms with Gasteiger partial charge in [-0.25, -0.2) is 9.97 Å². The third-order valence-corrected chi connectivity index (χ3v) is 3.36. The van der Waals surface area contributed by atoms with Crippen molar-refractivity contribution in [3.8, 4) is 0 Å². The number of hydrogen-bond acceptors (Lipinski definition) is 5. The monoisotopic (exact) mass is 307 g/mol. The first-order chi connectivity index (χ1) is 10.4. The Labute approximate surface area is 133 Å². The fourth-order valence-corrected chi connectivity index (χ4v) is 2.06. The third-order valence-electron chi connectivity index (χ3n) is 3.36. The van der Waals surface area contributed by atoms with E-state index in [2.05, 4.69) is 32.0 Å². The van der Waals surface area contributed by atoms with E-state index in [9.17, 15) is 4.79 Å². The van der Waals surface area contributed by atoms with Gasteiger partial charge < -0.3 is 15.1 Å². The van der Waals surface area contributed by atoms with Gasteiger partial charge in [-0.2, -0.15) is 0 Å². The Bertz CT molecular complexity index is 476. The van der Waals surface area contributed by atoms with Crippen molar-refractivity contribution >= 4 is 11.7 Å². The van der Waals surface area contributed by atoms with Crippen molar-refractivity contribution in [3.63, 3.8) is 0 Å². The van der Waals surface area contributed by atoms with Crippen molar-refractivity contribution in [2.45, 2.75) is 33.1 Å². The topological polar surface area (TPSA) is 61.4 Å². The zero-order valence-corrected chi connectivity index (χ0v) is 14.5. The Morgan fingerprint density at radius 3 is 2.55 bits per heavy atom. The van der Waals surface area contributed by atoms with Crippen molar-refractivity contribution < 1.29 is 4.79 Å². The van der Waals surface area contributed by atoms with Gasteiger partial charge in [-0.3, -0.25) is 4.79 Å². The number of aromatic nitrogens is 2. The number of hydrogen-bond donors (Lipinski definition) is 1. The Balaban J connectivity index is 2.65. The van der Waals surface area contributed by atoms with Crippen molar-refractivity contribution in [1.29, 1.82) is 0 Å². The highest BCUT2D eigenvalue weighted by Crippen LogP contribution is 2.12. The first-order valence-corrected chi connectivity index (χ1v) is 7.93. The van der Waals surface area contributed by atoms with Crippen molar-refractivity contribution in [2.24, 2.45) is 0 Å². The predicted octanol–water partition coefficient (Wildman–Crippen LogP) is 1.70. The molecule has 22 heavy (non-hydrogen) atoms. The third kappa shape index (κ3) is 6.39. The smallest absolute Gasteiger partial charge is 0.270 e. The minimum Gasteiger partial charge on any atom is -0.360 e. The molecular formula is C16H29N5O. The zero-order chi connectivity index (χ0) is 16.5. The van der Waals surface area contributed by atoms with Crippen LogP contribution in [0.25, 0.3) is 0 Å². The molecule has 0 bridgehead atoms. The fraction of sp³-hybridized carbons (Fsp3) is 0.688. The molecule has 0 aliphatic heterocycles. The number of carbonyl (C=O) groups is 1. The molecule has 1 aromatic rings. The van der Waals surface area contributed by atoms with Gasteiger partial charge in [0, 0.05) is 26.2 Å². The number of anilines is 1. The van der Waals surface area contributed by atoms with E-state index in [0.29, 0.717) is 18.1 Å². The first-order valence-electron chi connectivity index (χ1n) is 7.93. The zero-order valence-electron chi connectivity index (χ0n) is 14.5. The molecule has 124 valence electrons.